The van der Waals surface area contributed by atoms with E-state index in [0.717, 1.165) is 80.5 Å². The van der Waals surface area contributed by atoms with E-state index in [0.29, 0.717) is 12.8 Å². The molecule has 4 heterocycles. The zero-order chi connectivity index (χ0) is 23.5. The second-order valence-corrected chi connectivity index (χ2v) is 9.23. The van der Waals surface area contributed by atoms with E-state index < -0.39 is 0 Å². The highest BCUT2D eigenvalue weighted by molar-refractivity contribution is 5.92. The predicted molar refractivity (Wildman–Crippen MR) is 134 cm³/mol. The van der Waals surface area contributed by atoms with Crippen molar-refractivity contribution in [3.05, 3.63) is 41.9 Å². The van der Waals surface area contributed by atoms with E-state index in [1.165, 1.54) is 11.3 Å². The van der Waals surface area contributed by atoms with Gasteiger partial charge in [0.1, 0.15) is 17.8 Å². The number of nitrogens with zero attached hydrogens (tertiary/aromatic N) is 5. The van der Waals surface area contributed by atoms with Gasteiger partial charge < -0.3 is 29.7 Å². The molecule has 2 N–H and O–H groups in total. The van der Waals surface area contributed by atoms with Crippen LogP contribution in [0.4, 0.5) is 17.2 Å². The molecule has 0 radical (unpaired) electrons. The number of fused-ring (bicyclic) bond motifs is 2. The number of anilines is 3. The summed E-state index contributed by atoms with van der Waals surface area (Å²) in [6.45, 7) is 5.61. The highest BCUT2D eigenvalue weighted by atomic mass is 16.5. The Morgan fingerprint density at radius 2 is 1.85 bits per heavy atom. The Kier molecular flexibility index (Phi) is 6.64. The molecule has 180 valence electrons. The number of rotatable bonds is 1. The first-order chi connectivity index (χ1) is 16.6. The third kappa shape index (κ3) is 4.85. The average molecular weight is 464 g/mol. The van der Waals surface area contributed by atoms with Crippen LogP contribution >= 0.6 is 0 Å². The molecule has 1 saturated heterocycles. The van der Waals surface area contributed by atoms with E-state index in [1.807, 2.05) is 18.1 Å². The van der Waals surface area contributed by atoms with E-state index in [-0.39, 0.29) is 5.91 Å². The van der Waals surface area contributed by atoms with Gasteiger partial charge in [-0.1, -0.05) is 0 Å². The molecular formula is C25H33N7O2. The molecule has 9 nitrogen and oxygen atoms in total. The number of carbonyl (C=O) groups excluding carboxylic acids is 1. The van der Waals surface area contributed by atoms with Crippen molar-refractivity contribution < 1.29 is 9.53 Å². The molecule has 0 spiro atoms. The number of aromatic amines is 1. The van der Waals surface area contributed by atoms with Crippen LogP contribution in [0.2, 0.25) is 0 Å². The molecule has 0 aliphatic carbocycles. The number of hydrogen-bond acceptors (Lipinski definition) is 7. The normalized spacial score (nSPS) is 18.8. The molecule has 2 aliphatic rings. The van der Waals surface area contributed by atoms with Gasteiger partial charge in [-0.05, 0) is 55.8 Å². The zero-order valence-corrected chi connectivity index (χ0v) is 20.0. The average Bonchev–Trinajstić information content (AvgIpc) is 3.26. The van der Waals surface area contributed by atoms with Gasteiger partial charge in [-0.25, -0.2) is 9.97 Å². The summed E-state index contributed by atoms with van der Waals surface area (Å²) < 4.78 is 5.55. The minimum Gasteiger partial charge on any atom is -0.378 e. The van der Waals surface area contributed by atoms with Crippen LogP contribution < -0.4 is 10.2 Å². The second-order valence-electron chi connectivity index (χ2n) is 9.23. The number of benzene rings is 1. The number of hydrogen-bond donors (Lipinski definition) is 2. The minimum absolute atomic E-state index is 0.187. The molecule has 0 unspecified atom stereocenters. The Bertz CT molecular complexity index is 1160. The molecule has 0 saturated carbocycles. The van der Waals surface area contributed by atoms with Crippen molar-refractivity contribution in [3.8, 4) is 0 Å². The number of nitrogens with one attached hydrogen (secondary N) is 2. The number of carbonyl (C=O) groups is 1. The Labute approximate surface area is 200 Å². The maximum Gasteiger partial charge on any atom is 0.222 e. The molecule has 2 aromatic heterocycles. The summed E-state index contributed by atoms with van der Waals surface area (Å²) in [6.07, 6.45) is 5.72. The zero-order valence-electron chi connectivity index (χ0n) is 20.0. The first-order valence-electron chi connectivity index (χ1n) is 12.0. The second kappa shape index (κ2) is 9.99. The van der Waals surface area contributed by atoms with E-state index >= 15 is 0 Å². The Morgan fingerprint density at radius 1 is 1.00 bits per heavy atom. The molecule has 0 atom stereocenters. The lowest BCUT2D eigenvalue weighted by Crippen LogP contribution is -2.37. The van der Waals surface area contributed by atoms with Gasteiger partial charge in [0.05, 0.1) is 18.6 Å². The van der Waals surface area contributed by atoms with Crippen LogP contribution in [0.15, 0.2) is 30.7 Å². The lowest BCUT2D eigenvalue weighted by atomic mass is 10.0. The lowest BCUT2D eigenvalue weighted by Gasteiger charge is -2.31. The van der Waals surface area contributed by atoms with Crippen molar-refractivity contribution in [2.75, 3.05) is 63.7 Å². The van der Waals surface area contributed by atoms with Gasteiger partial charge in [-0.15, -0.1) is 0 Å². The van der Waals surface area contributed by atoms with Gasteiger partial charge >= 0.3 is 0 Å². The minimum atomic E-state index is 0.187. The van der Waals surface area contributed by atoms with E-state index in [2.05, 4.69) is 55.3 Å². The quantitative estimate of drug-likeness (QED) is 0.574. The summed E-state index contributed by atoms with van der Waals surface area (Å²) in [5, 5.41) is 4.55. The van der Waals surface area contributed by atoms with Gasteiger partial charge in [0, 0.05) is 57.2 Å². The standard InChI is InChI=1S/C25H33N7O2/c1-30-8-3-9-31(2)22(33)7-4-18-14-20(5-6-21(18)32-10-12-34-13-11-32)29-25-23-19(16-30)15-26-24(23)27-17-28-25/h5-6,14-15,17H,3-4,7-13,16H2,1-2H3,(H2,26,27,28,29). The smallest absolute Gasteiger partial charge is 0.222 e. The van der Waals surface area contributed by atoms with E-state index in [9.17, 15) is 4.79 Å². The Hall–Kier alpha value is -3.17. The first kappa shape index (κ1) is 22.6. The maximum atomic E-state index is 12.9. The fourth-order valence-electron chi connectivity index (χ4n) is 4.86. The Balaban J connectivity index is 1.53. The molecule has 2 aliphatic heterocycles. The van der Waals surface area contributed by atoms with Crippen LogP contribution in [-0.4, -0.2) is 84.1 Å². The summed E-state index contributed by atoms with van der Waals surface area (Å²) in [4.78, 5) is 31.7. The summed E-state index contributed by atoms with van der Waals surface area (Å²) in [5.74, 6) is 0.981. The number of aromatic nitrogens is 3. The first-order valence-corrected chi connectivity index (χ1v) is 12.0. The third-order valence-corrected chi connectivity index (χ3v) is 6.75. The van der Waals surface area contributed by atoms with Gasteiger partial charge in [-0.2, -0.15) is 0 Å². The molecule has 1 fully saturated rings. The molecule has 1 amide bonds. The van der Waals surface area contributed by atoms with Gasteiger partial charge in [0.15, 0.2) is 0 Å². The molecule has 34 heavy (non-hydrogen) atoms. The molecule has 2 bridgehead atoms. The van der Waals surface area contributed by atoms with Crippen molar-refractivity contribution in [1.82, 2.24) is 24.8 Å². The van der Waals surface area contributed by atoms with Crippen molar-refractivity contribution in [1.29, 1.82) is 0 Å². The monoisotopic (exact) mass is 463 g/mol. The molecule has 9 heteroatoms. The predicted octanol–water partition coefficient (Wildman–Crippen LogP) is 2.76. The summed E-state index contributed by atoms with van der Waals surface area (Å²) in [5.41, 5.74) is 5.29. The summed E-state index contributed by atoms with van der Waals surface area (Å²) in [7, 11) is 4.02. The number of H-pyrrole nitrogens is 1. The summed E-state index contributed by atoms with van der Waals surface area (Å²) in [6, 6.07) is 6.42. The number of ether oxygens (including phenoxy) is 1. The van der Waals surface area contributed by atoms with Gasteiger partial charge in [-0.3, -0.25) is 4.79 Å². The number of amides is 1. The van der Waals surface area contributed by atoms with E-state index in [1.54, 1.807) is 6.33 Å². The SMILES string of the molecule is CN1CCCN(C)C(=O)CCc2cc(ccc2N2CCOCC2)Nc2ncnc3[nH]cc(c23)C1. The summed E-state index contributed by atoms with van der Waals surface area (Å²) >= 11 is 0. The fourth-order valence-corrected chi connectivity index (χ4v) is 4.86. The van der Waals surface area contributed by atoms with Crippen LogP contribution in [-0.2, 0) is 22.5 Å². The maximum absolute atomic E-state index is 12.9. The number of morpholine rings is 1. The van der Waals surface area contributed by atoms with Crippen molar-refractivity contribution in [3.63, 3.8) is 0 Å². The van der Waals surface area contributed by atoms with Gasteiger partial charge in [0.2, 0.25) is 5.91 Å². The van der Waals surface area contributed by atoms with Crippen LogP contribution in [0.1, 0.15) is 24.0 Å². The van der Waals surface area contributed by atoms with Crippen molar-refractivity contribution in [2.24, 2.45) is 0 Å². The third-order valence-electron chi connectivity index (χ3n) is 6.75. The fraction of sp³-hybridized carbons (Fsp3) is 0.480. The van der Waals surface area contributed by atoms with Crippen LogP contribution in [0.3, 0.4) is 0 Å². The molecular weight excluding hydrogens is 430 g/mol. The van der Waals surface area contributed by atoms with Crippen molar-refractivity contribution in [2.45, 2.75) is 25.8 Å². The topological polar surface area (TPSA) is 89.6 Å². The lowest BCUT2D eigenvalue weighted by molar-refractivity contribution is -0.129. The highest BCUT2D eigenvalue weighted by Crippen LogP contribution is 2.31. The molecule has 5 rings (SSSR count). The highest BCUT2D eigenvalue weighted by Gasteiger charge is 2.19. The molecule has 3 aromatic rings. The van der Waals surface area contributed by atoms with E-state index in [4.69, 9.17) is 4.74 Å². The molecule has 1 aromatic carbocycles. The van der Waals surface area contributed by atoms with Crippen LogP contribution in [0.25, 0.3) is 11.0 Å². The van der Waals surface area contributed by atoms with Crippen molar-refractivity contribution >= 4 is 34.1 Å². The Morgan fingerprint density at radius 3 is 2.71 bits per heavy atom. The van der Waals surface area contributed by atoms with Gasteiger partial charge in [0.25, 0.3) is 0 Å². The number of aryl methyl sites for hydroxylation is 1. The van der Waals surface area contributed by atoms with Crippen LogP contribution in [0, 0.1) is 0 Å². The van der Waals surface area contributed by atoms with Crippen LogP contribution in [0.5, 0.6) is 0 Å². The largest absolute Gasteiger partial charge is 0.378 e.